The van der Waals surface area contributed by atoms with Crippen molar-refractivity contribution in [2.45, 2.75) is 6.54 Å². The van der Waals surface area contributed by atoms with Crippen LogP contribution in [-0.4, -0.2) is 33.0 Å². The molecule has 7 heteroatoms. The Morgan fingerprint density at radius 2 is 2.00 bits per heavy atom. The van der Waals surface area contributed by atoms with E-state index >= 15 is 0 Å². The number of nitrogens with two attached hydrogens (primary N) is 2. The minimum absolute atomic E-state index is 0.100. The van der Waals surface area contributed by atoms with Gasteiger partial charge in [-0.3, -0.25) is 14.3 Å². The number of hydrogen-bond acceptors (Lipinski definition) is 4. The van der Waals surface area contributed by atoms with Gasteiger partial charge >= 0.3 is 0 Å². The van der Waals surface area contributed by atoms with Crippen molar-refractivity contribution in [2.75, 3.05) is 12.3 Å². The van der Waals surface area contributed by atoms with Gasteiger partial charge in [0.2, 0.25) is 5.91 Å². The van der Waals surface area contributed by atoms with Crippen molar-refractivity contribution in [1.29, 1.82) is 0 Å². The first kappa shape index (κ1) is 16.8. The standard InChI is InChI=1S/C20H19N5O2/c1-11(19(22)26)9-25-10-17-15(6-14(21)7-16(17)20(25)27)12-3-4-13-8-23-24(2)18(13)5-12/h3-8H,1,9-10,21H2,2H3,(H2,22,26). The van der Waals surface area contributed by atoms with E-state index in [1.54, 1.807) is 15.6 Å². The van der Waals surface area contributed by atoms with Gasteiger partial charge in [-0.2, -0.15) is 5.10 Å². The molecule has 4 rings (SSSR count). The van der Waals surface area contributed by atoms with Crippen LogP contribution < -0.4 is 11.5 Å². The highest BCUT2D eigenvalue weighted by Gasteiger charge is 2.31. The molecule has 0 atom stereocenters. The monoisotopic (exact) mass is 361 g/mol. The van der Waals surface area contributed by atoms with Gasteiger partial charge in [0.1, 0.15) is 0 Å². The van der Waals surface area contributed by atoms with Crippen LogP contribution in [0.3, 0.4) is 0 Å². The molecule has 7 nitrogen and oxygen atoms in total. The largest absolute Gasteiger partial charge is 0.399 e. The van der Waals surface area contributed by atoms with Gasteiger partial charge in [-0.15, -0.1) is 0 Å². The summed E-state index contributed by atoms with van der Waals surface area (Å²) < 4.78 is 1.81. The highest BCUT2D eigenvalue weighted by Crippen LogP contribution is 2.36. The Bertz CT molecular complexity index is 1130. The van der Waals surface area contributed by atoms with Crippen LogP contribution >= 0.6 is 0 Å². The van der Waals surface area contributed by atoms with E-state index in [0.29, 0.717) is 17.8 Å². The second-order valence-corrected chi connectivity index (χ2v) is 6.77. The molecule has 0 bridgehead atoms. The van der Waals surface area contributed by atoms with Crippen LogP contribution in [0.25, 0.3) is 22.0 Å². The Hall–Kier alpha value is -3.61. The molecule has 1 aliphatic heterocycles. The number of aromatic nitrogens is 2. The van der Waals surface area contributed by atoms with Crippen molar-refractivity contribution < 1.29 is 9.59 Å². The number of fused-ring (bicyclic) bond motifs is 2. The molecule has 2 heterocycles. The van der Waals surface area contributed by atoms with Crippen LogP contribution in [0.2, 0.25) is 0 Å². The zero-order valence-corrected chi connectivity index (χ0v) is 14.9. The van der Waals surface area contributed by atoms with E-state index in [0.717, 1.165) is 27.6 Å². The molecule has 2 aromatic carbocycles. The summed E-state index contributed by atoms with van der Waals surface area (Å²) in [5.41, 5.74) is 16.3. The minimum Gasteiger partial charge on any atom is -0.399 e. The molecule has 3 aromatic rings. The molecule has 27 heavy (non-hydrogen) atoms. The number of carbonyl (C=O) groups excluding carboxylic acids is 2. The van der Waals surface area contributed by atoms with Crippen LogP contribution in [0.1, 0.15) is 15.9 Å². The summed E-state index contributed by atoms with van der Waals surface area (Å²) in [6.07, 6.45) is 1.81. The van der Waals surface area contributed by atoms with Gasteiger partial charge in [-0.05, 0) is 34.9 Å². The van der Waals surface area contributed by atoms with Gasteiger partial charge in [0, 0.05) is 35.8 Å². The number of nitrogen functional groups attached to an aromatic ring is 1. The maximum atomic E-state index is 12.8. The first-order valence-corrected chi connectivity index (χ1v) is 8.46. The summed E-state index contributed by atoms with van der Waals surface area (Å²) in [6.45, 7) is 4.12. The van der Waals surface area contributed by atoms with Crippen molar-refractivity contribution >= 4 is 28.4 Å². The summed E-state index contributed by atoms with van der Waals surface area (Å²) in [6, 6.07) is 9.57. The molecule has 4 N–H and O–H groups in total. The highest BCUT2D eigenvalue weighted by molar-refractivity contribution is 6.03. The number of amides is 2. The topological polar surface area (TPSA) is 107 Å². The fourth-order valence-corrected chi connectivity index (χ4v) is 3.49. The molecule has 1 aliphatic rings. The van der Waals surface area contributed by atoms with Crippen molar-refractivity contribution in [1.82, 2.24) is 14.7 Å². The Labute approximate surface area is 155 Å². The molecule has 0 saturated carbocycles. The number of aryl methyl sites for hydroxylation is 1. The summed E-state index contributed by atoms with van der Waals surface area (Å²) in [4.78, 5) is 25.6. The number of hydrogen-bond donors (Lipinski definition) is 2. The molecule has 0 aliphatic carbocycles. The van der Waals surface area contributed by atoms with Crippen LogP contribution in [0.5, 0.6) is 0 Å². The molecule has 2 amide bonds. The van der Waals surface area contributed by atoms with E-state index in [9.17, 15) is 9.59 Å². The lowest BCUT2D eigenvalue weighted by molar-refractivity contribution is -0.114. The van der Waals surface area contributed by atoms with Gasteiger partial charge in [0.05, 0.1) is 18.3 Å². The molecule has 0 unspecified atom stereocenters. The first-order chi connectivity index (χ1) is 12.8. The van der Waals surface area contributed by atoms with E-state index < -0.39 is 5.91 Å². The van der Waals surface area contributed by atoms with Gasteiger partial charge < -0.3 is 16.4 Å². The third-order valence-corrected chi connectivity index (χ3v) is 4.93. The number of benzene rings is 2. The van der Waals surface area contributed by atoms with Crippen molar-refractivity contribution in [2.24, 2.45) is 12.8 Å². The van der Waals surface area contributed by atoms with Gasteiger partial charge in [-0.25, -0.2) is 0 Å². The minimum atomic E-state index is -0.611. The fourth-order valence-electron chi connectivity index (χ4n) is 3.49. The average Bonchev–Trinajstić information content (AvgIpc) is 3.15. The second-order valence-electron chi connectivity index (χ2n) is 6.77. The SMILES string of the molecule is C=C(CN1Cc2c(cc(N)cc2-c2ccc3cnn(C)c3c2)C1=O)C(N)=O. The maximum absolute atomic E-state index is 12.8. The number of nitrogens with zero attached hydrogens (tertiary/aromatic N) is 3. The smallest absolute Gasteiger partial charge is 0.254 e. The molecule has 136 valence electrons. The van der Waals surface area contributed by atoms with Gasteiger partial charge in [0.25, 0.3) is 5.91 Å². The third kappa shape index (κ3) is 2.73. The highest BCUT2D eigenvalue weighted by atomic mass is 16.2. The van der Waals surface area contributed by atoms with E-state index in [2.05, 4.69) is 11.7 Å². The Kier molecular flexibility index (Phi) is 3.73. The number of anilines is 1. The summed E-state index contributed by atoms with van der Waals surface area (Å²) >= 11 is 0. The van der Waals surface area contributed by atoms with Crippen LogP contribution in [0, 0.1) is 0 Å². The van der Waals surface area contributed by atoms with E-state index in [-0.39, 0.29) is 18.0 Å². The van der Waals surface area contributed by atoms with Crippen molar-refractivity contribution in [3.8, 4) is 11.1 Å². The van der Waals surface area contributed by atoms with Crippen molar-refractivity contribution in [3.63, 3.8) is 0 Å². The predicted octanol–water partition coefficient (Wildman–Crippen LogP) is 1.82. The number of primary amides is 1. The Morgan fingerprint density at radius 1 is 1.26 bits per heavy atom. The molecule has 0 radical (unpaired) electrons. The Balaban J connectivity index is 1.80. The van der Waals surface area contributed by atoms with Crippen LogP contribution in [0.4, 0.5) is 5.69 Å². The summed E-state index contributed by atoms with van der Waals surface area (Å²) in [5.74, 6) is -0.789. The number of rotatable bonds is 4. The van der Waals surface area contributed by atoms with Crippen molar-refractivity contribution in [3.05, 3.63) is 59.8 Å². The number of carbonyl (C=O) groups is 2. The lowest BCUT2D eigenvalue weighted by atomic mass is 9.95. The molecule has 0 spiro atoms. The average molecular weight is 361 g/mol. The quantitative estimate of drug-likeness (QED) is 0.546. The zero-order chi connectivity index (χ0) is 19.3. The van der Waals surface area contributed by atoms with E-state index in [4.69, 9.17) is 11.5 Å². The summed E-state index contributed by atoms with van der Waals surface area (Å²) in [5, 5.41) is 5.31. The summed E-state index contributed by atoms with van der Waals surface area (Å²) in [7, 11) is 1.89. The van der Waals surface area contributed by atoms with Crippen LogP contribution in [0.15, 0.2) is 48.7 Å². The first-order valence-electron chi connectivity index (χ1n) is 8.46. The second kappa shape index (κ2) is 5.98. The zero-order valence-electron chi connectivity index (χ0n) is 14.9. The molecular formula is C20H19N5O2. The molecular weight excluding hydrogens is 342 g/mol. The lowest BCUT2D eigenvalue weighted by Crippen LogP contribution is -2.30. The Morgan fingerprint density at radius 3 is 2.74 bits per heavy atom. The van der Waals surface area contributed by atoms with E-state index in [1.807, 2.05) is 37.5 Å². The fraction of sp³-hybridized carbons (Fsp3) is 0.150. The van der Waals surface area contributed by atoms with Crippen LogP contribution in [-0.2, 0) is 18.4 Å². The van der Waals surface area contributed by atoms with E-state index in [1.165, 1.54) is 0 Å². The normalized spacial score (nSPS) is 13.2. The molecule has 0 fully saturated rings. The lowest BCUT2D eigenvalue weighted by Gasteiger charge is -2.15. The maximum Gasteiger partial charge on any atom is 0.254 e. The molecule has 0 saturated heterocycles. The predicted molar refractivity (Wildman–Crippen MR) is 104 cm³/mol. The molecule has 1 aromatic heterocycles. The van der Waals surface area contributed by atoms with Gasteiger partial charge in [-0.1, -0.05) is 18.7 Å². The van der Waals surface area contributed by atoms with Gasteiger partial charge in [0.15, 0.2) is 0 Å². The third-order valence-electron chi connectivity index (χ3n) is 4.93.